The molecule has 0 bridgehead atoms. The van der Waals surface area contributed by atoms with Gasteiger partial charge in [-0.1, -0.05) is 28.1 Å². The average molecular weight is 331 g/mol. The minimum atomic E-state index is 0.874. The summed E-state index contributed by atoms with van der Waals surface area (Å²) in [6.07, 6.45) is 2.46. The second kappa shape index (κ2) is 5.88. The minimum absolute atomic E-state index is 0.874. The molecule has 0 radical (unpaired) electrons. The van der Waals surface area contributed by atoms with Crippen molar-refractivity contribution >= 4 is 27.3 Å². The molecule has 3 rings (SSSR count). The Bertz CT molecular complexity index is 592. The molecule has 3 heteroatoms. The maximum atomic E-state index is 3.47. The predicted molar refractivity (Wildman–Crippen MR) is 89.5 cm³/mol. The van der Waals surface area contributed by atoms with Crippen molar-refractivity contribution in [2.24, 2.45) is 0 Å². The van der Waals surface area contributed by atoms with Gasteiger partial charge in [0, 0.05) is 36.0 Å². The summed E-state index contributed by atoms with van der Waals surface area (Å²) in [5, 5.41) is 3.47. The van der Waals surface area contributed by atoms with E-state index in [2.05, 4.69) is 75.7 Å². The molecule has 1 aliphatic rings. The molecule has 0 spiro atoms. The van der Waals surface area contributed by atoms with E-state index in [4.69, 9.17) is 0 Å². The normalized spacial score (nSPS) is 14.0. The Morgan fingerprint density at radius 1 is 1.15 bits per heavy atom. The van der Waals surface area contributed by atoms with Gasteiger partial charge in [0.15, 0.2) is 0 Å². The van der Waals surface area contributed by atoms with Gasteiger partial charge in [0.25, 0.3) is 0 Å². The second-order valence-corrected chi connectivity index (χ2v) is 6.26. The SMILES string of the molecule is CN1CCCc2cc(CNc3ccc(Br)cc3)ccc21. The van der Waals surface area contributed by atoms with Crippen LogP contribution in [0.1, 0.15) is 17.5 Å². The zero-order chi connectivity index (χ0) is 13.9. The Morgan fingerprint density at radius 3 is 2.75 bits per heavy atom. The summed E-state index contributed by atoms with van der Waals surface area (Å²) < 4.78 is 1.11. The first-order valence-electron chi connectivity index (χ1n) is 7.05. The van der Waals surface area contributed by atoms with Gasteiger partial charge in [0.1, 0.15) is 0 Å². The Labute approximate surface area is 128 Å². The van der Waals surface area contributed by atoms with Gasteiger partial charge in [-0.25, -0.2) is 0 Å². The Balaban J connectivity index is 1.70. The maximum Gasteiger partial charge on any atom is 0.0400 e. The van der Waals surface area contributed by atoms with Gasteiger partial charge in [0.05, 0.1) is 0 Å². The fourth-order valence-electron chi connectivity index (χ4n) is 2.72. The van der Waals surface area contributed by atoms with E-state index in [9.17, 15) is 0 Å². The van der Waals surface area contributed by atoms with E-state index in [0.29, 0.717) is 0 Å². The van der Waals surface area contributed by atoms with Crippen molar-refractivity contribution in [3.63, 3.8) is 0 Å². The number of nitrogens with one attached hydrogen (secondary N) is 1. The molecule has 1 N–H and O–H groups in total. The molecule has 0 saturated carbocycles. The topological polar surface area (TPSA) is 15.3 Å². The summed E-state index contributed by atoms with van der Waals surface area (Å²) in [5.41, 5.74) is 5.38. The first kappa shape index (κ1) is 13.5. The lowest BCUT2D eigenvalue weighted by Crippen LogP contribution is -2.24. The number of benzene rings is 2. The first-order valence-corrected chi connectivity index (χ1v) is 7.84. The molecule has 0 aliphatic carbocycles. The summed E-state index contributed by atoms with van der Waals surface area (Å²) >= 11 is 3.46. The molecule has 1 heterocycles. The van der Waals surface area contributed by atoms with Crippen LogP contribution in [0.5, 0.6) is 0 Å². The van der Waals surface area contributed by atoms with Crippen molar-refractivity contribution in [1.29, 1.82) is 0 Å². The van der Waals surface area contributed by atoms with Crippen LogP contribution in [-0.4, -0.2) is 13.6 Å². The molecule has 0 aromatic heterocycles. The molecule has 0 fully saturated rings. The van der Waals surface area contributed by atoms with E-state index >= 15 is 0 Å². The van der Waals surface area contributed by atoms with Gasteiger partial charge < -0.3 is 10.2 Å². The highest BCUT2D eigenvalue weighted by Crippen LogP contribution is 2.27. The summed E-state index contributed by atoms with van der Waals surface area (Å²) in [7, 11) is 2.18. The van der Waals surface area contributed by atoms with E-state index in [1.165, 1.54) is 36.2 Å². The van der Waals surface area contributed by atoms with Crippen LogP contribution >= 0.6 is 15.9 Å². The van der Waals surface area contributed by atoms with Gasteiger partial charge in [-0.2, -0.15) is 0 Å². The molecule has 20 heavy (non-hydrogen) atoms. The van der Waals surface area contributed by atoms with E-state index in [1.54, 1.807) is 0 Å². The molecule has 104 valence electrons. The highest BCUT2D eigenvalue weighted by molar-refractivity contribution is 9.10. The molecule has 0 atom stereocenters. The number of halogens is 1. The Kier molecular flexibility index (Phi) is 3.97. The standard InChI is InChI=1S/C17H19BrN2/c1-20-10-2-3-14-11-13(4-9-17(14)20)12-19-16-7-5-15(18)6-8-16/h4-9,11,19H,2-3,10,12H2,1H3. The van der Waals surface area contributed by atoms with Gasteiger partial charge in [-0.3, -0.25) is 0 Å². The van der Waals surface area contributed by atoms with E-state index in [-0.39, 0.29) is 0 Å². The molecular weight excluding hydrogens is 312 g/mol. The minimum Gasteiger partial charge on any atom is -0.381 e. The van der Waals surface area contributed by atoms with Gasteiger partial charge >= 0.3 is 0 Å². The second-order valence-electron chi connectivity index (χ2n) is 5.35. The highest BCUT2D eigenvalue weighted by atomic mass is 79.9. The molecule has 0 unspecified atom stereocenters. The molecule has 2 aromatic carbocycles. The lowest BCUT2D eigenvalue weighted by Gasteiger charge is -2.27. The molecule has 2 nitrogen and oxygen atoms in total. The lowest BCUT2D eigenvalue weighted by atomic mass is 9.99. The fourth-order valence-corrected chi connectivity index (χ4v) is 2.98. The number of nitrogens with zero attached hydrogens (tertiary/aromatic N) is 1. The quantitative estimate of drug-likeness (QED) is 0.894. The number of hydrogen-bond acceptors (Lipinski definition) is 2. The van der Waals surface area contributed by atoms with Crippen LogP contribution in [0, 0.1) is 0 Å². The van der Waals surface area contributed by atoms with Crippen LogP contribution < -0.4 is 10.2 Å². The lowest BCUT2D eigenvalue weighted by molar-refractivity contribution is 0.743. The Hall–Kier alpha value is -1.48. The number of rotatable bonds is 3. The van der Waals surface area contributed by atoms with Crippen LogP contribution in [-0.2, 0) is 13.0 Å². The maximum absolute atomic E-state index is 3.47. The summed E-state index contributed by atoms with van der Waals surface area (Å²) in [6.45, 7) is 2.04. The third kappa shape index (κ3) is 2.98. The molecule has 2 aromatic rings. The van der Waals surface area contributed by atoms with Crippen molar-refractivity contribution in [2.45, 2.75) is 19.4 Å². The number of hydrogen-bond donors (Lipinski definition) is 1. The Morgan fingerprint density at radius 2 is 1.95 bits per heavy atom. The highest BCUT2D eigenvalue weighted by Gasteiger charge is 2.13. The average Bonchev–Trinajstić information content (AvgIpc) is 2.47. The molecule has 0 saturated heterocycles. The molecule has 0 amide bonds. The monoisotopic (exact) mass is 330 g/mol. The third-order valence-electron chi connectivity index (χ3n) is 3.84. The van der Waals surface area contributed by atoms with Crippen molar-refractivity contribution in [1.82, 2.24) is 0 Å². The predicted octanol–water partition coefficient (Wildman–Crippen LogP) is 4.44. The summed E-state index contributed by atoms with van der Waals surface area (Å²) in [4.78, 5) is 2.35. The largest absolute Gasteiger partial charge is 0.381 e. The van der Waals surface area contributed by atoms with Crippen LogP contribution in [0.4, 0.5) is 11.4 Å². The van der Waals surface area contributed by atoms with Crippen molar-refractivity contribution in [2.75, 3.05) is 23.8 Å². The van der Waals surface area contributed by atoms with Crippen LogP contribution in [0.25, 0.3) is 0 Å². The van der Waals surface area contributed by atoms with Crippen molar-refractivity contribution in [3.8, 4) is 0 Å². The first-order chi connectivity index (χ1) is 9.72. The van der Waals surface area contributed by atoms with Crippen LogP contribution in [0.3, 0.4) is 0 Å². The number of anilines is 2. The third-order valence-corrected chi connectivity index (χ3v) is 4.36. The number of aryl methyl sites for hydroxylation is 1. The zero-order valence-corrected chi connectivity index (χ0v) is 13.3. The summed E-state index contributed by atoms with van der Waals surface area (Å²) in [6, 6.07) is 15.1. The van der Waals surface area contributed by atoms with E-state index in [0.717, 1.165) is 16.7 Å². The van der Waals surface area contributed by atoms with Crippen molar-refractivity contribution in [3.05, 3.63) is 58.1 Å². The van der Waals surface area contributed by atoms with Gasteiger partial charge in [0.2, 0.25) is 0 Å². The van der Waals surface area contributed by atoms with Crippen molar-refractivity contribution < 1.29 is 0 Å². The number of fused-ring (bicyclic) bond motifs is 1. The molecule has 1 aliphatic heterocycles. The smallest absolute Gasteiger partial charge is 0.0400 e. The summed E-state index contributed by atoms with van der Waals surface area (Å²) in [5.74, 6) is 0. The van der Waals surface area contributed by atoms with Gasteiger partial charge in [-0.15, -0.1) is 0 Å². The van der Waals surface area contributed by atoms with E-state index in [1.807, 2.05) is 0 Å². The van der Waals surface area contributed by atoms with Crippen LogP contribution in [0.15, 0.2) is 46.9 Å². The van der Waals surface area contributed by atoms with E-state index < -0.39 is 0 Å². The van der Waals surface area contributed by atoms with Gasteiger partial charge in [-0.05, 0) is 54.3 Å². The van der Waals surface area contributed by atoms with Crippen LogP contribution in [0.2, 0.25) is 0 Å². The zero-order valence-electron chi connectivity index (χ0n) is 11.7. The fraction of sp³-hybridized carbons (Fsp3) is 0.294. The molecular formula is C17H19BrN2.